The van der Waals surface area contributed by atoms with E-state index in [1.807, 2.05) is 40.0 Å². The number of hydrogen-bond donors (Lipinski definition) is 3. The Labute approximate surface area is 192 Å². The average Bonchev–Trinajstić information content (AvgIpc) is 3.40. The maximum atomic E-state index is 8.50. The molecule has 3 rings (SSSR count). The van der Waals surface area contributed by atoms with Crippen LogP contribution in [0.1, 0.15) is 96.9 Å². The number of nitrogens with one attached hydrogen (secondary N) is 3. The van der Waals surface area contributed by atoms with Gasteiger partial charge in [0, 0.05) is 28.1 Å². The third-order valence-electron chi connectivity index (χ3n) is 4.26. The Morgan fingerprint density at radius 3 is 1.28 bits per heavy atom. The zero-order chi connectivity index (χ0) is 24.7. The summed E-state index contributed by atoms with van der Waals surface area (Å²) in [4.78, 5) is 21.7. The fraction of sp³-hybridized carbons (Fsp3) is 0.520. The quantitative estimate of drug-likeness (QED) is 0.417. The summed E-state index contributed by atoms with van der Waals surface area (Å²) in [6.07, 6.45) is 10.3. The number of aromatic nitrogens is 6. The van der Waals surface area contributed by atoms with Crippen LogP contribution in [-0.4, -0.2) is 29.9 Å². The Balaban J connectivity index is 0.000000240. The van der Waals surface area contributed by atoms with Gasteiger partial charge in [0.2, 0.25) is 0 Å². The van der Waals surface area contributed by atoms with Gasteiger partial charge in [-0.15, -0.1) is 6.42 Å². The number of aryl methyl sites for hydroxylation is 1. The van der Waals surface area contributed by atoms with E-state index in [2.05, 4.69) is 77.4 Å². The minimum absolute atomic E-state index is 0.00486. The molecule has 0 bridgehead atoms. The van der Waals surface area contributed by atoms with Crippen molar-refractivity contribution >= 4 is 0 Å². The van der Waals surface area contributed by atoms with Crippen LogP contribution < -0.4 is 0 Å². The van der Waals surface area contributed by atoms with Gasteiger partial charge in [0.1, 0.15) is 34.9 Å². The Morgan fingerprint density at radius 1 is 0.688 bits per heavy atom. The third-order valence-corrected chi connectivity index (χ3v) is 4.26. The van der Waals surface area contributed by atoms with Crippen molar-refractivity contribution in [3.8, 4) is 18.4 Å². The molecule has 0 aromatic carbocycles. The normalized spacial score (nSPS) is 11.4. The largest absolute Gasteiger partial charge is 0.346 e. The van der Waals surface area contributed by atoms with Gasteiger partial charge in [-0.3, -0.25) is 0 Å². The molecule has 0 amide bonds. The first-order chi connectivity index (χ1) is 14.6. The van der Waals surface area contributed by atoms with E-state index in [4.69, 9.17) is 11.7 Å². The van der Waals surface area contributed by atoms with Crippen molar-refractivity contribution in [2.45, 2.75) is 85.5 Å². The molecule has 0 spiro atoms. The van der Waals surface area contributed by atoms with E-state index in [0.717, 1.165) is 28.9 Å². The number of nitriles is 1. The van der Waals surface area contributed by atoms with Gasteiger partial charge in [-0.25, -0.2) is 15.0 Å². The minimum atomic E-state index is -0.00486. The number of hydrogen-bond acceptors (Lipinski definition) is 4. The fourth-order valence-electron chi connectivity index (χ4n) is 2.33. The van der Waals surface area contributed by atoms with Crippen LogP contribution in [0.25, 0.3) is 0 Å². The summed E-state index contributed by atoms with van der Waals surface area (Å²) < 4.78 is 0. The first-order valence-electron chi connectivity index (χ1n) is 10.6. The standard InChI is InChI=1S/C9H12N2.C8H11N3.C8H14N2/c1-5-7-6-10-8(11-7)9(2,3)4;1-8(2,3)7-10-5-6(4-9)11-7;1-6-5-9-7(10-6)8(2,3)4/h1,6H,2-4H3,(H,10,11);5H,1-3H3,(H,10,11);5H,1-4H3,(H,9,10). The summed E-state index contributed by atoms with van der Waals surface area (Å²) in [6.45, 7) is 20.9. The summed E-state index contributed by atoms with van der Waals surface area (Å²) in [7, 11) is 0. The molecule has 0 aliphatic carbocycles. The van der Waals surface area contributed by atoms with Crippen molar-refractivity contribution in [3.63, 3.8) is 0 Å². The van der Waals surface area contributed by atoms with Crippen LogP contribution in [0.4, 0.5) is 0 Å². The van der Waals surface area contributed by atoms with Crippen LogP contribution in [-0.2, 0) is 16.2 Å². The van der Waals surface area contributed by atoms with Crippen LogP contribution in [0.3, 0.4) is 0 Å². The Morgan fingerprint density at radius 2 is 1.06 bits per heavy atom. The Hall–Kier alpha value is -3.32. The molecule has 0 fully saturated rings. The molecule has 172 valence electrons. The highest BCUT2D eigenvalue weighted by Crippen LogP contribution is 2.19. The molecule has 0 aliphatic heterocycles. The van der Waals surface area contributed by atoms with Crippen LogP contribution in [0, 0.1) is 30.6 Å². The van der Waals surface area contributed by atoms with Crippen LogP contribution in [0.2, 0.25) is 0 Å². The number of terminal acetylenes is 1. The second kappa shape index (κ2) is 10.3. The molecule has 7 nitrogen and oxygen atoms in total. The number of imidazole rings is 3. The lowest BCUT2D eigenvalue weighted by molar-refractivity contribution is 0.551. The molecule has 0 saturated carbocycles. The van der Waals surface area contributed by atoms with Gasteiger partial charge in [0.25, 0.3) is 0 Å². The molecule has 0 saturated heterocycles. The van der Waals surface area contributed by atoms with Crippen LogP contribution >= 0.6 is 0 Å². The highest BCUT2D eigenvalue weighted by molar-refractivity contribution is 5.23. The predicted octanol–water partition coefficient (Wildman–Crippen LogP) is 5.28. The van der Waals surface area contributed by atoms with Crippen molar-refractivity contribution in [1.29, 1.82) is 5.26 Å². The minimum Gasteiger partial charge on any atom is -0.346 e. The second-order valence-electron chi connectivity index (χ2n) is 10.7. The van der Waals surface area contributed by atoms with Crippen molar-refractivity contribution in [2.24, 2.45) is 0 Å². The van der Waals surface area contributed by atoms with E-state index in [0.29, 0.717) is 5.69 Å². The summed E-state index contributed by atoms with van der Waals surface area (Å²) in [5.74, 6) is 5.35. The fourth-order valence-corrected chi connectivity index (χ4v) is 2.33. The molecule has 0 unspecified atom stereocenters. The number of rotatable bonds is 0. The van der Waals surface area contributed by atoms with Crippen molar-refractivity contribution in [1.82, 2.24) is 29.9 Å². The monoisotopic (exact) mass is 435 g/mol. The molecule has 3 aromatic heterocycles. The zero-order valence-corrected chi connectivity index (χ0v) is 21.1. The Kier molecular flexibility index (Phi) is 8.62. The number of nitrogens with zero attached hydrogens (tertiary/aromatic N) is 4. The molecular formula is C25H37N7. The SMILES string of the molecule is C#Cc1cnc(C(C)(C)C)[nH]1.CC(C)(C)c1ncc(C#N)[nH]1.Cc1cnc(C(C)(C)C)[nH]1. The van der Waals surface area contributed by atoms with Gasteiger partial charge in [-0.2, -0.15) is 5.26 Å². The first-order valence-corrected chi connectivity index (χ1v) is 10.6. The molecule has 3 aromatic rings. The lowest BCUT2D eigenvalue weighted by Crippen LogP contribution is -2.13. The average molecular weight is 436 g/mol. The van der Waals surface area contributed by atoms with E-state index in [1.165, 1.54) is 0 Å². The highest BCUT2D eigenvalue weighted by atomic mass is 14.9. The van der Waals surface area contributed by atoms with Gasteiger partial charge in [0.05, 0.1) is 12.4 Å². The van der Waals surface area contributed by atoms with E-state index in [9.17, 15) is 0 Å². The van der Waals surface area contributed by atoms with E-state index in [-0.39, 0.29) is 16.2 Å². The number of aromatic amines is 3. The maximum absolute atomic E-state index is 8.50. The van der Waals surface area contributed by atoms with Crippen molar-refractivity contribution in [3.05, 3.63) is 53.1 Å². The zero-order valence-electron chi connectivity index (χ0n) is 21.1. The molecule has 7 heteroatoms. The van der Waals surface area contributed by atoms with Crippen LogP contribution in [0.15, 0.2) is 18.6 Å². The van der Waals surface area contributed by atoms with Crippen molar-refractivity contribution < 1.29 is 0 Å². The molecule has 0 atom stereocenters. The van der Waals surface area contributed by atoms with E-state index >= 15 is 0 Å². The summed E-state index contributed by atoms with van der Waals surface area (Å²) in [5.41, 5.74) is 2.59. The lowest BCUT2D eigenvalue weighted by Gasteiger charge is -2.13. The van der Waals surface area contributed by atoms with E-state index < -0.39 is 0 Å². The molecule has 3 N–H and O–H groups in total. The topological polar surface area (TPSA) is 110 Å². The summed E-state index contributed by atoms with van der Waals surface area (Å²) in [5, 5.41) is 8.50. The van der Waals surface area contributed by atoms with Crippen molar-refractivity contribution in [2.75, 3.05) is 0 Å². The highest BCUT2D eigenvalue weighted by Gasteiger charge is 2.18. The first kappa shape index (κ1) is 26.7. The molecule has 32 heavy (non-hydrogen) atoms. The van der Waals surface area contributed by atoms with Gasteiger partial charge >= 0.3 is 0 Å². The third kappa shape index (κ3) is 8.43. The van der Waals surface area contributed by atoms with Gasteiger partial charge < -0.3 is 15.0 Å². The van der Waals surface area contributed by atoms with Gasteiger partial charge in [0.15, 0.2) is 0 Å². The van der Waals surface area contributed by atoms with Gasteiger partial charge in [-0.05, 0) is 6.92 Å². The summed E-state index contributed by atoms with van der Waals surface area (Å²) >= 11 is 0. The smallest absolute Gasteiger partial charge is 0.137 e. The lowest BCUT2D eigenvalue weighted by atomic mass is 9.96. The molecule has 0 aliphatic rings. The second-order valence-corrected chi connectivity index (χ2v) is 10.7. The van der Waals surface area contributed by atoms with E-state index in [1.54, 1.807) is 12.4 Å². The maximum Gasteiger partial charge on any atom is 0.137 e. The Bertz CT molecular complexity index is 999. The predicted molar refractivity (Wildman–Crippen MR) is 129 cm³/mol. The molecule has 3 heterocycles. The summed E-state index contributed by atoms with van der Waals surface area (Å²) in [6, 6.07) is 2.00. The number of H-pyrrole nitrogens is 3. The molecule has 0 radical (unpaired) electrons. The van der Waals surface area contributed by atoms with Crippen LogP contribution in [0.5, 0.6) is 0 Å². The van der Waals surface area contributed by atoms with Gasteiger partial charge in [-0.1, -0.05) is 68.2 Å². The molecular weight excluding hydrogens is 398 g/mol.